The molecule has 0 aromatic heterocycles. The molecule has 0 fully saturated rings. The van der Waals surface area contributed by atoms with Gasteiger partial charge >= 0.3 is 5.97 Å². The van der Waals surface area contributed by atoms with E-state index in [-0.39, 0.29) is 18.2 Å². The largest absolute Gasteiger partial charge is 0.484 e. The van der Waals surface area contributed by atoms with Crippen LogP contribution in [-0.2, 0) is 14.3 Å². The van der Waals surface area contributed by atoms with Crippen LogP contribution in [0.2, 0.25) is 5.02 Å². The maximum Gasteiger partial charge on any atom is 0.338 e. The Hall–Kier alpha value is -3.06. The van der Waals surface area contributed by atoms with Crippen LogP contribution < -0.4 is 15.8 Å². The van der Waals surface area contributed by atoms with E-state index in [1.165, 1.54) is 24.3 Å². The molecule has 2 aromatic carbocycles. The number of nitrogens with two attached hydrogens (primary N) is 1. The number of nitrogens with one attached hydrogen (secondary N) is 1. The number of halogens is 1. The fourth-order valence-electron chi connectivity index (χ4n) is 2.20. The average molecular weight is 391 g/mol. The van der Waals surface area contributed by atoms with Crippen LogP contribution in [0.25, 0.3) is 0 Å². The van der Waals surface area contributed by atoms with Crippen molar-refractivity contribution in [1.29, 1.82) is 0 Å². The molecule has 27 heavy (non-hydrogen) atoms. The SMILES string of the molecule is C[C@H](NC(=O)COC(=O)c1ccc(OCC(N)=O)cc1)c1cccc(Cl)c1. The van der Waals surface area contributed by atoms with Crippen LogP contribution in [0, 0.1) is 0 Å². The molecule has 0 aliphatic heterocycles. The Balaban J connectivity index is 1.82. The second-order valence-corrected chi connectivity index (χ2v) is 6.14. The van der Waals surface area contributed by atoms with Crippen LogP contribution >= 0.6 is 11.6 Å². The molecule has 8 heteroatoms. The molecular formula is C19H19ClN2O5. The highest BCUT2D eigenvalue weighted by atomic mass is 35.5. The summed E-state index contributed by atoms with van der Waals surface area (Å²) in [6, 6.07) is 12.8. The minimum Gasteiger partial charge on any atom is -0.484 e. The van der Waals surface area contributed by atoms with Crippen molar-refractivity contribution in [3.8, 4) is 5.75 Å². The zero-order chi connectivity index (χ0) is 19.8. The summed E-state index contributed by atoms with van der Waals surface area (Å²) in [5.41, 5.74) is 6.07. The van der Waals surface area contributed by atoms with E-state index in [0.29, 0.717) is 10.8 Å². The smallest absolute Gasteiger partial charge is 0.338 e. The highest BCUT2D eigenvalue weighted by Crippen LogP contribution is 2.17. The Labute approximate surface area is 161 Å². The van der Waals surface area contributed by atoms with Gasteiger partial charge in [0.15, 0.2) is 13.2 Å². The molecule has 3 N–H and O–H groups in total. The van der Waals surface area contributed by atoms with Crippen molar-refractivity contribution in [3.05, 3.63) is 64.7 Å². The maximum atomic E-state index is 12.0. The summed E-state index contributed by atoms with van der Waals surface area (Å²) in [4.78, 5) is 34.6. The Morgan fingerprint density at radius 3 is 2.44 bits per heavy atom. The topological polar surface area (TPSA) is 108 Å². The lowest BCUT2D eigenvalue weighted by Crippen LogP contribution is -2.31. The number of hydrogen-bond acceptors (Lipinski definition) is 5. The zero-order valence-electron chi connectivity index (χ0n) is 14.6. The van der Waals surface area contributed by atoms with Crippen molar-refractivity contribution in [2.75, 3.05) is 13.2 Å². The lowest BCUT2D eigenvalue weighted by Gasteiger charge is -2.14. The predicted octanol–water partition coefficient (Wildman–Crippen LogP) is 2.24. The van der Waals surface area contributed by atoms with Crippen molar-refractivity contribution >= 4 is 29.4 Å². The third kappa shape index (κ3) is 6.63. The Morgan fingerprint density at radius 2 is 1.81 bits per heavy atom. The van der Waals surface area contributed by atoms with Crippen molar-refractivity contribution in [3.63, 3.8) is 0 Å². The number of primary amides is 1. The molecule has 0 spiro atoms. The van der Waals surface area contributed by atoms with Gasteiger partial charge in [0.2, 0.25) is 0 Å². The van der Waals surface area contributed by atoms with Gasteiger partial charge in [0, 0.05) is 5.02 Å². The molecule has 0 bridgehead atoms. The van der Waals surface area contributed by atoms with E-state index < -0.39 is 24.4 Å². The molecular weight excluding hydrogens is 372 g/mol. The molecule has 2 amide bonds. The third-order valence-electron chi connectivity index (χ3n) is 3.53. The normalized spacial score (nSPS) is 11.3. The first kappa shape index (κ1) is 20.3. The standard InChI is InChI=1S/C19H19ClN2O5/c1-12(14-3-2-4-15(20)9-14)22-18(24)11-27-19(25)13-5-7-16(8-6-13)26-10-17(21)23/h2-9,12H,10-11H2,1H3,(H2,21,23)(H,22,24)/t12-/m0/s1. The lowest BCUT2D eigenvalue weighted by molar-refractivity contribution is -0.125. The molecule has 0 aliphatic carbocycles. The van der Waals surface area contributed by atoms with E-state index in [2.05, 4.69) is 5.32 Å². The number of carbonyl (C=O) groups is 3. The van der Waals surface area contributed by atoms with E-state index in [9.17, 15) is 14.4 Å². The van der Waals surface area contributed by atoms with Gasteiger partial charge in [-0.2, -0.15) is 0 Å². The van der Waals surface area contributed by atoms with Gasteiger partial charge in [-0.3, -0.25) is 9.59 Å². The van der Waals surface area contributed by atoms with Crippen molar-refractivity contribution < 1.29 is 23.9 Å². The van der Waals surface area contributed by atoms with Gasteiger partial charge in [0.05, 0.1) is 11.6 Å². The van der Waals surface area contributed by atoms with Crippen LogP contribution in [0.5, 0.6) is 5.75 Å². The van der Waals surface area contributed by atoms with E-state index in [0.717, 1.165) is 5.56 Å². The second kappa shape index (κ2) is 9.59. The summed E-state index contributed by atoms with van der Waals surface area (Å²) in [5.74, 6) is -1.30. The monoisotopic (exact) mass is 390 g/mol. The molecule has 0 heterocycles. The molecule has 2 rings (SSSR count). The molecule has 7 nitrogen and oxygen atoms in total. The molecule has 0 saturated heterocycles. The number of amides is 2. The first-order valence-corrected chi connectivity index (χ1v) is 8.46. The summed E-state index contributed by atoms with van der Waals surface area (Å²) < 4.78 is 10.1. The summed E-state index contributed by atoms with van der Waals surface area (Å²) in [5, 5.41) is 3.30. The van der Waals surface area contributed by atoms with Crippen LogP contribution in [0.4, 0.5) is 0 Å². The fourth-order valence-corrected chi connectivity index (χ4v) is 2.40. The molecule has 0 aliphatic rings. The van der Waals surface area contributed by atoms with Gasteiger partial charge in [-0.05, 0) is 48.9 Å². The Morgan fingerprint density at radius 1 is 1.11 bits per heavy atom. The quantitative estimate of drug-likeness (QED) is 0.672. The van der Waals surface area contributed by atoms with Gasteiger partial charge in [-0.1, -0.05) is 23.7 Å². The lowest BCUT2D eigenvalue weighted by atomic mass is 10.1. The summed E-state index contributed by atoms with van der Waals surface area (Å²) in [6.07, 6.45) is 0. The van der Waals surface area contributed by atoms with Crippen LogP contribution in [0.3, 0.4) is 0 Å². The minimum absolute atomic E-state index is 0.247. The van der Waals surface area contributed by atoms with E-state index in [1.54, 1.807) is 25.1 Å². The molecule has 1 atom stereocenters. The Kier molecular flexibility index (Phi) is 7.19. The number of hydrogen-bond donors (Lipinski definition) is 2. The van der Waals surface area contributed by atoms with Gasteiger partial charge < -0.3 is 20.5 Å². The molecule has 0 unspecified atom stereocenters. The van der Waals surface area contributed by atoms with E-state index >= 15 is 0 Å². The van der Waals surface area contributed by atoms with Gasteiger partial charge in [0.25, 0.3) is 11.8 Å². The van der Waals surface area contributed by atoms with Crippen LogP contribution in [0.1, 0.15) is 28.9 Å². The summed E-state index contributed by atoms with van der Waals surface area (Å²) in [7, 11) is 0. The minimum atomic E-state index is -0.651. The van der Waals surface area contributed by atoms with Crippen molar-refractivity contribution in [1.82, 2.24) is 5.32 Å². The average Bonchev–Trinajstić information content (AvgIpc) is 2.64. The second-order valence-electron chi connectivity index (χ2n) is 5.70. The van der Waals surface area contributed by atoms with Crippen LogP contribution in [0.15, 0.2) is 48.5 Å². The molecule has 0 saturated carbocycles. The number of rotatable bonds is 8. The molecule has 0 radical (unpaired) electrons. The van der Waals surface area contributed by atoms with Crippen molar-refractivity contribution in [2.45, 2.75) is 13.0 Å². The first-order chi connectivity index (χ1) is 12.8. The van der Waals surface area contributed by atoms with Gasteiger partial charge in [-0.25, -0.2) is 4.79 Å². The zero-order valence-corrected chi connectivity index (χ0v) is 15.4. The van der Waals surface area contributed by atoms with Gasteiger partial charge in [0.1, 0.15) is 5.75 Å². The maximum absolute atomic E-state index is 12.0. The number of ether oxygens (including phenoxy) is 2. The number of esters is 1. The van der Waals surface area contributed by atoms with Crippen molar-refractivity contribution in [2.24, 2.45) is 5.73 Å². The number of benzene rings is 2. The summed E-state index contributed by atoms with van der Waals surface area (Å²) in [6.45, 7) is 1.13. The highest BCUT2D eigenvalue weighted by molar-refractivity contribution is 6.30. The van der Waals surface area contributed by atoms with Gasteiger partial charge in [-0.15, -0.1) is 0 Å². The first-order valence-electron chi connectivity index (χ1n) is 8.08. The third-order valence-corrected chi connectivity index (χ3v) is 3.77. The predicted molar refractivity (Wildman–Crippen MR) is 99.4 cm³/mol. The van der Waals surface area contributed by atoms with Crippen LogP contribution in [-0.4, -0.2) is 31.0 Å². The fraction of sp³-hybridized carbons (Fsp3) is 0.211. The number of carbonyl (C=O) groups excluding carboxylic acids is 3. The highest BCUT2D eigenvalue weighted by Gasteiger charge is 2.13. The summed E-state index contributed by atoms with van der Waals surface area (Å²) >= 11 is 5.93. The van der Waals surface area contributed by atoms with E-state index in [1.807, 2.05) is 6.07 Å². The van der Waals surface area contributed by atoms with E-state index in [4.69, 9.17) is 26.8 Å². The Bertz CT molecular complexity index is 823. The molecule has 2 aromatic rings. The molecule has 142 valence electrons.